The second-order valence-corrected chi connectivity index (χ2v) is 7.03. The lowest BCUT2D eigenvalue weighted by atomic mass is 10.2. The van der Waals surface area contributed by atoms with Gasteiger partial charge in [-0.3, -0.25) is 0 Å². The third-order valence-corrected chi connectivity index (χ3v) is 5.53. The van der Waals surface area contributed by atoms with Crippen LogP contribution < -0.4 is 9.80 Å². The second-order valence-electron chi connectivity index (χ2n) is 6.10. The van der Waals surface area contributed by atoms with Gasteiger partial charge in [-0.1, -0.05) is 0 Å². The van der Waals surface area contributed by atoms with Gasteiger partial charge in [0.15, 0.2) is 11.6 Å². The van der Waals surface area contributed by atoms with Crippen molar-refractivity contribution in [2.45, 2.75) is 18.9 Å². The average Bonchev–Trinajstić information content (AvgIpc) is 3.41. The number of ether oxygens (including phenoxy) is 1. The molecule has 0 N–H and O–H groups in total. The van der Waals surface area contributed by atoms with Gasteiger partial charge in [-0.05, 0) is 23.2 Å². The number of fused-ring (bicyclic) bond motifs is 1. The highest BCUT2D eigenvalue weighted by Gasteiger charge is 2.33. The van der Waals surface area contributed by atoms with Crippen LogP contribution in [0, 0.1) is 0 Å². The van der Waals surface area contributed by atoms with Gasteiger partial charge in [-0.15, -0.1) is 11.3 Å². The molecule has 3 aromatic heterocycles. The summed E-state index contributed by atoms with van der Waals surface area (Å²) in [5, 5.41) is 10.9. The van der Waals surface area contributed by atoms with Crippen molar-refractivity contribution >= 4 is 34.3 Å². The summed E-state index contributed by atoms with van der Waals surface area (Å²) in [7, 11) is 0. The Morgan fingerprint density at radius 1 is 1.04 bits per heavy atom. The first kappa shape index (κ1) is 15.0. The highest BCUT2D eigenvalue weighted by molar-refractivity contribution is 7.09. The van der Waals surface area contributed by atoms with E-state index in [2.05, 4.69) is 25.1 Å². The fourth-order valence-corrected chi connectivity index (χ4v) is 4.26. The van der Waals surface area contributed by atoms with E-state index in [4.69, 9.17) is 19.3 Å². The molecule has 2 fully saturated rings. The molecule has 2 aliphatic heterocycles. The summed E-state index contributed by atoms with van der Waals surface area (Å²) >= 11 is 1.68. The van der Waals surface area contributed by atoms with Crippen LogP contribution in [-0.4, -0.2) is 58.1 Å². The summed E-state index contributed by atoms with van der Waals surface area (Å²) in [6.45, 7) is 3.87. The van der Waals surface area contributed by atoms with Crippen molar-refractivity contribution in [2.24, 2.45) is 0 Å². The van der Waals surface area contributed by atoms with Crippen LogP contribution in [0.25, 0.3) is 11.3 Å². The van der Waals surface area contributed by atoms with Gasteiger partial charge >= 0.3 is 0 Å². The highest BCUT2D eigenvalue weighted by atomic mass is 32.1. The van der Waals surface area contributed by atoms with Gasteiger partial charge in [0.25, 0.3) is 0 Å². The molecule has 0 aromatic carbocycles. The number of thiazole rings is 1. The minimum Gasteiger partial charge on any atom is -0.378 e. The van der Waals surface area contributed by atoms with Crippen molar-refractivity contribution < 1.29 is 9.37 Å². The van der Waals surface area contributed by atoms with Gasteiger partial charge in [-0.2, -0.15) is 0 Å². The van der Waals surface area contributed by atoms with Crippen molar-refractivity contribution in [1.29, 1.82) is 0 Å². The molecule has 1 atom stereocenters. The topological polar surface area (TPSA) is 93.3 Å². The fraction of sp³-hybridized carbons (Fsp3) is 0.533. The largest absolute Gasteiger partial charge is 0.378 e. The molecule has 0 bridgehead atoms. The molecule has 0 radical (unpaired) electrons. The summed E-state index contributed by atoms with van der Waals surface area (Å²) in [4.78, 5) is 18.5. The normalized spacial score (nSPS) is 21.4. The Bertz CT molecular complexity index is 862. The summed E-state index contributed by atoms with van der Waals surface area (Å²) in [6, 6.07) is 0.228. The van der Waals surface area contributed by atoms with Crippen LogP contribution in [0.15, 0.2) is 16.2 Å². The first-order valence-corrected chi connectivity index (χ1v) is 9.27. The van der Waals surface area contributed by atoms with E-state index in [1.54, 1.807) is 11.3 Å². The van der Waals surface area contributed by atoms with Crippen LogP contribution in [0.5, 0.6) is 0 Å². The lowest BCUT2D eigenvalue weighted by molar-refractivity contribution is 0.122. The van der Waals surface area contributed by atoms with Crippen LogP contribution >= 0.6 is 11.3 Å². The minimum atomic E-state index is 0.228. The van der Waals surface area contributed by atoms with Crippen LogP contribution in [-0.2, 0) is 4.74 Å². The maximum Gasteiger partial charge on any atom is 0.245 e. The van der Waals surface area contributed by atoms with E-state index in [1.165, 1.54) is 0 Å². The molecule has 0 spiro atoms. The maximum absolute atomic E-state index is 5.48. The first-order chi connectivity index (χ1) is 12.4. The zero-order valence-corrected chi connectivity index (χ0v) is 14.4. The smallest absolute Gasteiger partial charge is 0.245 e. The molecule has 3 aromatic rings. The van der Waals surface area contributed by atoms with Crippen molar-refractivity contribution in [3.05, 3.63) is 16.6 Å². The third-order valence-electron chi connectivity index (χ3n) is 4.65. The maximum atomic E-state index is 5.48. The Hall–Kier alpha value is -2.33. The quantitative estimate of drug-likeness (QED) is 0.692. The van der Waals surface area contributed by atoms with Crippen LogP contribution in [0.3, 0.4) is 0 Å². The number of nitrogens with zero attached hydrogens (tertiary/aromatic N) is 7. The lowest BCUT2D eigenvalue weighted by Crippen LogP contribution is -2.38. The molecule has 0 aliphatic carbocycles. The van der Waals surface area contributed by atoms with Gasteiger partial charge in [0.05, 0.1) is 19.3 Å². The predicted octanol–water partition coefficient (Wildman–Crippen LogP) is 1.65. The minimum absolute atomic E-state index is 0.228. The molecular weight excluding hydrogens is 342 g/mol. The Balaban J connectivity index is 1.60. The number of aromatic nitrogens is 5. The molecule has 10 heteroatoms. The fourth-order valence-electron chi connectivity index (χ4n) is 3.48. The van der Waals surface area contributed by atoms with Crippen LogP contribution in [0.4, 0.5) is 11.6 Å². The number of rotatable bonds is 3. The van der Waals surface area contributed by atoms with Crippen molar-refractivity contribution in [1.82, 2.24) is 25.3 Å². The van der Waals surface area contributed by atoms with E-state index >= 15 is 0 Å². The van der Waals surface area contributed by atoms with Crippen LogP contribution in [0.1, 0.15) is 23.9 Å². The molecule has 0 amide bonds. The summed E-state index contributed by atoms with van der Waals surface area (Å²) in [5.41, 5.74) is 0.882. The molecule has 0 saturated carbocycles. The number of hydrogen-bond acceptors (Lipinski definition) is 10. The summed E-state index contributed by atoms with van der Waals surface area (Å²) < 4.78 is 10.3. The van der Waals surface area contributed by atoms with E-state index in [0.29, 0.717) is 24.5 Å². The van der Waals surface area contributed by atoms with E-state index in [9.17, 15) is 0 Å². The second kappa shape index (κ2) is 6.19. The van der Waals surface area contributed by atoms with Crippen molar-refractivity contribution in [3.63, 3.8) is 0 Å². The van der Waals surface area contributed by atoms with Crippen molar-refractivity contribution in [2.75, 3.05) is 42.6 Å². The molecular formula is C15H17N7O2S. The third kappa shape index (κ3) is 2.61. The van der Waals surface area contributed by atoms with Gasteiger partial charge < -0.3 is 14.5 Å². The monoisotopic (exact) mass is 359 g/mol. The molecule has 130 valence electrons. The molecule has 2 saturated heterocycles. The Morgan fingerprint density at radius 2 is 1.84 bits per heavy atom. The van der Waals surface area contributed by atoms with Gasteiger partial charge in [0.1, 0.15) is 5.01 Å². The standard InChI is InChI=1S/C15H17N7O2S/c1-2-10(15-16-3-9-25-15)22(4-1)14-13(21-5-7-23-8-6-21)17-11-12(18-14)20-24-19-11/h3,9-10H,1-2,4-8H2. The predicted molar refractivity (Wildman–Crippen MR) is 91.9 cm³/mol. The van der Waals surface area contributed by atoms with Gasteiger partial charge in [0, 0.05) is 31.2 Å². The van der Waals surface area contributed by atoms with E-state index < -0.39 is 0 Å². The SMILES string of the molecule is c1csc(C2CCCN2c2nc3nonc3nc2N2CCOCC2)n1. The van der Waals surface area contributed by atoms with Crippen molar-refractivity contribution in [3.8, 4) is 0 Å². The molecule has 1 unspecified atom stereocenters. The molecule has 5 heterocycles. The lowest BCUT2D eigenvalue weighted by Gasteiger charge is -2.32. The van der Waals surface area contributed by atoms with Gasteiger partial charge in [-0.25, -0.2) is 19.6 Å². The number of anilines is 2. The highest BCUT2D eigenvalue weighted by Crippen LogP contribution is 2.40. The van der Waals surface area contributed by atoms with Crippen LogP contribution in [0.2, 0.25) is 0 Å². The Kier molecular flexibility index (Phi) is 3.71. The van der Waals surface area contributed by atoms with E-state index in [-0.39, 0.29) is 6.04 Å². The Morgan fingerprint density at radius 3 is 2.60 bits per heavy atom. The summed E-state index contributed by atoms with van der Waals surface area (Å²) in [6.07, 6.45) is 4.02. The zero-order valence-electron chi connectivity index (χ0n) is 13.5. The van der Waals surface area contributed by atoms with Gasteiger partial charge in [0.2, 0.25) is 11.3 Å². The molecule has 25 heavy (non-hydrogen) atoms. The summed E-state index contributed by atoms with van der Waals surface area (Å²) in [5.74, 6) is 1.66. The molecule has 9 nitrogen and oxygen atoms in total. The van der Waals surface area contributed by atoms with E-state index in [0.717, 1.165) is 49.1 Å². The number of hydrogen-bond donors (Lipinski definition) is 0. The molecule has 5 rings (SSSR count). The average molecular weight is 359 g/mol. The first-order valence-electron chi connectivity index (χ1n) is 8.39. The Labute approximate surface area is 147 Å². The zero-order chi connectivity index (χ0) is 16.6. The van der Waals surface area contributed by atoms with E-state index in [1.807, 2.05) is 11.6 Å². The molecule has 2 aliphatic rings. The number of morpholine rings is 1.